The predicted octanol–water partition coefficient (Wildman–Crippen LogP) is 3.84. The van der Waals surface area contributed by atoms with E-state index in [1.165, 1.54) is 6.07 Å². The summed E-state index contributed by atoms with van der Waals surface area (Å²) in [4.78, 5) is 12.3. The third-order valence-electron chi connectivity index (χ3n) is 3.46. The minimum absolute atomic E-state index is 0.0336. The Balaban J connectivity index is 1.50. The number of benzene rings is 2. The summed E-state index contributed by atoms with van der Waals surface area (Å²) in [6.45, 7) is 0.484. The number of alkyl halides is 3. The van der Waals surface area contributed by atoms with Gasteiger partial charge in [0.25, 0.3) is 0 Å². The number of rotatable bonds is 5. The highest BCUT2D eigenvalue weighted by atomic mass is 32.2. The molecule has 1 amide bonds. The van der Waals surface area contributed by atoms with Gasteiger partial charge in [-0.15, -0.1) is 11.8 Å². The SMILES string of the molecule is O=C(CSc1cccc(C(F)(F)F)c1)NCc1ccc2c(c1)OCO2. The lowest BCUT2D eigenvalue weighted by Gasteiger charge is -2.09. The maximum atomic E-state index is 12.7. The predicted molar refractivity (Wildman–Crippen MR) is 86.6 cm³/mol. The molecule has 0 saturated carbocycles. The molecule has 0 bridgehead atoms. The van der Waals surface area contributed by atoms with Crippen LogP contribution in [0.1, 0.15) is 11.1 Å². The van der Waals surface area contributed by atoms with Crippen molar-refractivity contribution < 1.29 is 27.4 Å². The summed E-state index contributed by atoms with van der Waals surface area (Å²) >= 11 is 1.06. The first-order valence-corrected chi connectivity index (χ1v) is 8.36. The van der Waals surface area contributed by atoms with Gasteiger partial charge in [0.05, 0.1) is 11.3 Å². The van der Waals surface area contributed by atoms with E-state index < -0.39 is 11.7 Å². The van der Waals surface area contributed by atoms with Crippen molar-refractivity contribution >= 4 is 17.7 Å². The Bertz CT molecular complexity index is 780. The summed E-state index contributed by atoms with van der Waals surface area (Å²) in [6.07, 6.45) is -4.39. The topological polar surface area (TPSA) is 47.6 Å². The van der Waals surface area contributed by atoms with E-state index in [4.69, 9.17) is 9.47 Å². The molecule has 1 aliphatic heterocycles. The lowest BCUT2D eigenvalue weighted by Crippen LogP contribution is -2.24. The second-order valence-electron chi connectivity index (χ2n) is 5.28. The number of nitrogens with one attached hydrogen (secondary N) is 1. The summed E-state index contributed by atoms with van der Waals surface area (Å²) in [6, 6.07) is 10.3. The van der Waals surface area contributed by atoms with Crippen molar-refractivity contribution in [1.29, 1.82) is 0 Å². The highest BCUT2D eigenvalue weighted by molar-refractivity contribution is 8.00. The largest absolute Gasteiger partial charge is 0.454 e. The molecule has 0 aliphatic carbocycles. The van der Waals surface area contributed by atoms with Crippen LogP contribution in [0.2, 0.25) is 0 Å². The van der Waals surface area contributed by atoms with Gasteiger partial charge in [-0.3, -0.25) is 4.79 Å². The summed E-state index contributed by atoms with van der Waals surface area (Å²) in [5.74, 6) is 1.06. The van der Waals surface area contributed by atoms with E-state index in [0.29, 0.717) is 22.9 Å². The number of hydrogen-bond acceptors (Lipinski definition) is 4. The monoisotopic (exact) mass is 369 g/mol. The summed E-state index contributed by atoms with van der Waals surface area (Å²) in [5.41, 5.74) is 0.125. The zero-order chi connectivity index (χ0) is 17.9. The molecule has 0 saturated heterocycles. The van der Waals surface area contributed by atoms with Crippen molar-refractivity contribution in [2.75, 3.05) is 12.5 Å². The van der Waals surface area contributed by atoms with Gasteiger partial charge in [-0.2, -0.15) is 13.2 Å². The van der Waals surface area contributed by atoms with Crippen LogP contribution in [0.3, 0.4) is 0 Å². The van der Waals surface area contributed by atoms with E-state index >= 15 is 0 Å². The number of ether oxygens (including phenoxy) is 2. The first-order chi connectivity index (χ1) is 11.9. The third-order valence-corrected chi connectivity index (χ3v) is 4.45. The van der Waals surface area contributed by atoms with Gasteiger partial charge < -0.3 is 14.8 Å². The van der Waals surface area contributed by atoms with Crippen LogP contribution in [-0.2, 0) is 17.5 Å². The molecule has 0 aromatic heterocycles. The van der Waals surface area contributed by atoms with Gasteiger partial charge in [0.1, 0.15) is 0 Å². The van der Waals surface area contributed by atoms with E-state index in [1.807, 2.05) is 6.07 Å². The number of halogens is 3. The fourth-order valence-electron chi connectivity index (χ4n) is 2.21. The molecule has 2 aromatic carbocycles. The number of thioether (sulfide) groups is 1. The second-order valence-corrected chi connectivity index (χ2v) is 6.33. The molecule has 0 spiro atoms. The van der Waals surface area contributed by atoms with Crippen LogP contribution in [0.5, 0.6) is 11.5 Å². The maximum absolute atomic E-state index is 12.7. The normalized spacial score (nSPS) is 12.9. The van der Waals surface area contributed by atoms with Gasteiger partial charge in [0.15, 0.2) is 11.5 Å². The molecule has 132 valence electrons. The molecule has 1 aliphatic rings. The van der Waals surface area contributed by atoms with Gasteiger partial charge in [0, 0.05) is 11.4 Å². The first kappa shape index (κ1) is 17.5. The molecule has 3 rings (SSSR count). The molecular formula is C17H14F3NO3S. The van der Waals surface area contributed by atoms with Crippen molar-refractivity contribution in [3.8, 4) is 11.5 Å². The maximum Gasteiger partial charge on any atom is 0.416 e. The molecule has 2 aromatic rings. The molecular weight excluding hydrogens is 355 g/mol. The summed E-state index contributed by atoms with van der Waals surface area (Å²) in [5, 5.41) is 2.73. The molecule has 0 radical (unpaired) electrons. The minimum Gasteiger partial charge on any atom is -0.454 e. The van der Waals surface area contributed by atoms with Crippen LogP contribution >= 0.6 is 11.8 Å². The lowest BCUT2D eigenvalue weighted by molar-refractivity contribution is -0.137. The number of carbonyl (C=O) groups is 1. The molecule has 0 atom stereocenters. The Morgan fingerprint density at radius 3 is 2.72 bits per heavy atom. The number of hydrogen-bond donors (Lipinski definition) is 1. The van der Waals surface area contributed by atoms with Gasteiger partial charge in [0.2, 0.25) is 12.7 Å². The fraction of sp³-hybridized carbons (Fsp3) is 0.235. The quantitative estimate of drug-likeness (QED) is 0.814. The van der Waals surface area contributed by atoms with Crippen molar-refractivity contribution in [2.24, 2.45) is 0 Å². The van der Waals surface area contributed by atoms with E-state index in [1.54, 1.807) is 18.2 Å². The third kappa shape index (κ3) is 4.60. The van der Waals surface area contributed by atoms with Crippen molar-refractivity contribution in [3.05, 3.63) is 53.6 Å². The van der Waals surface area contributed by atoms with Crippen molar-refractivity contribution in [1.82, 2.24) is 5.32 Å². The molecule has 0 fully saturated rings. The molecule has 4 nitrogen and oxygen atoms in total. The van der Waals surface area contributed by atoms with Gasteiger partial charge in [-0.25, -0.2) is 0 Å². The highest BCUT2D eigenvalue weighted by Gasteiger charge is 2.30. The van der Waals surface area contributed by atoms with Gasteiger partial charge in [-0.05, 0) is 35.9 Å². The second kappa shape index (κ2) is 7.26. The van der Waals surface area contributed by atoms with Crippen LogP contribution in [-0.4, -0.2) is 18.5 Å². The average Bonchev–Trinajstić information content (AvgIpc) is 3.05. The van der Waals surface area contributed by atoms with Crippen molar-refractivity contribution in [3.63, 3.8) is 0 Å². The van der Waals surface area contributed by atoms with Crippen LogP contribution in [0.15, 0.2) is 47.4 Å². The Kier molecular flexibility index (Phi) is 5.08. The molecule has 1 heterocycles. The molecule has 8 heteroatoms. The molecule has 25 heavy (non-hydrogen) atoms. The standard InChI is InChI=1S/C17H14F3NO3S/c18-17(19,20)12-2-1-3-13(7-12)25-9-16(22)21-8-11-4-5-14-15(6-11)24-10-23-14/h1-7H,8-10H2,(H,21,22). The summed E-state index contributed by atoms with van der Waals surface area (Å²) < 4.78 is 48.5. The lowest BCUT2D eigenvalue weighted by atomic mass is 10.2. The van der Waals surface area contributed by atoms with Gasteiger partial charge in [-0.1, -0.05) is 12.1 Å². The van der Waals surface area contributed by atoms with Crippen LogP contribution < -0.4 is 14.8 Å². The highest BCUT2D eigenvalue weighted by Crippen LogP contribution is 2.33. The smallest absolute Gasteiger partial charge is 0.416 e. The van der Waals surface area contributed by atoms with Crippen LogP contribution in [0.25, 0.3) is 0 Å². The Morgan fingerprint density at radius 2 is 1.92 bits per heavy atom. The Labute approximate surface area is 146 Å². The number of amides is 1. The zero-order valence-electron chi connectivity index (χ0n) is 12.9. The number of fused-ring (bicyclic) bond motifs is 1. The first-order valence-electron chi connectivity index (χ1n) is 7.37. The van der Waals surface area contributed by atoms with Gasteiger partial charge >= 0.3 is 6.18 Å². The van der Waals surface area contributed by atoms with E-state index in [9.17, 15) is 18.0 Å². The Morgan fingerprint density at radius 1 is 1.12 bits per heavy atom. The number of carbonyl (C=O) groups excluding carboxylic acids is 1. The van der Waals surface area contributed by atoms with E-state index in [2.05, 4.69) is 5.32 Å². The van der Waals surface area contributed by atoms with E-state index in [-0.39, 0.29) is 18.5 Å². The van der Waals surface area contributed by atoms with Crippen molar-refractivity contribution in [2.45, 2.75) is 17.6 Å². The minimum atomic E-state index is -4.39. The molecule has 0 unspecified atom stereocenters. The van der Waals surface area contributed by atoms with Crippen LogP contribution in [0, 0.1) is 0 Å². The Hall–Kier alpha value is -2.35. The van der Waals surface area contributed by atoms with E-state index in [0.717, 1.165) is 29.5 Å². The zero-order valence-corrected chi connectivity index (χ0v) is 13.7. The average molecular weight is 369 g/mol. The fourth-order valence-corrected chi connectivity index (χ4v) is 3.00. The molecule has 1 N–H and O–H groups in total. The van der Waals surface area contributed by atoms with Crippen LogP contribution in [0.4, 0.5) is 13.2 Å². The summed E-state index contributed by atoms with van der Waals surface area (Å²) in [7, 11) is 0.